The molecule has 0 aliphatic carbocycles. The molecule has 1 fully saturated rings. The van der Waals surface area contributed by atoms with Crippen LogP contribution < -0.4 is 0 Å². The zero-order chi connectivity index (χ0) is 17.1. The molecule has 2 aromatic heterocycles. The van der Waals surface area contributed by atoms with Gasteiger partial charge in [0.25, 0.3) is 0 Å². The molecule has 0 unspecified atom stereocenters. The number of carbonyl (C=O) groups is 1. The number of rotatable bonds is 6. The molecule has 0 radical (unpaired) electrons. The lowest BCUT2D eigenvalue weighted by Crippen LogP contribution is -2.40. The first-order chi connectivity index (χ1) is 11.5. The first-order valence-electron chi connectivity index (χ1n) is 8.39. The van der Waals surface area contributed by atoms with Crippen LogP contribution >= 0.6 is 11.3 Å². The molecule has 1 aliphatic rings. The summed E-state index contributed by atoms with van der Waals surface area (Å²) in [6, 6.07) is 0.207. The predicted octanol–water partition coefficient (Wildman–Crippen LogP) is 2.62. The van der Waals surface area contributed by atoms with Gasteiger partial charge in [-0.25, -0.2) is 9.97 Å². The van der Waals surface area contributed by atoms with E-state index in [-0.39, 0.29) is 11.9 Å². The van der Waals surface area contributed by atoms with Crippen LogP contribution in [0.4, 0.5) is 0 Å². The van der Waals surface area contributed by atoms with Crippen molar-refractivity contribution in [3.63, 3.8) is 0 Å². The standard InChI is InChI=1S/C17H24N4O2S/c1-4-17-19-14(11-24-17)8-20-6-5-15(9-20)21(13(3)22)10-16-18-7-12(2)23-16/h7,11,15H,4-6,8-10H2,1-3H3/t15-/m0/s1. The minimum atomic E-state index is 0.0691. The van der Waals surface area contributed by atoms with Gasteiger partial charge < -0.3 is 9.32 Å². The van der Waals surface area contributed by atoms with Crippen molar-refractivity contribution in [3.8, 4) is 0 Å². The maximum atomic E-state index is 12.1. The Morgan fingerprint density at radius 3 is 3.00 bits per heavy atom. The van der Waals surface area contributed by atoms with Crippen LogP contribution in [0.5, 0.6) is 0 Å². The van der Waals surface area contributed by atoms with Crippen LogP contribution in [0, 0.1) is 6.92 Å². The van der Waals surface area contributed by atoms with Crippen LogP contribution in [0.15, 0.2) is 16.0 Å². The van der Waals surface area contributed by atoms with E-state index in [4.69, 9.17) is 4.42 Å². The number of likely N-dealkylation sites (tertiary alicyclic amines) is 1. The van der Waals surface area contributed by atoms with Gasteiger partial charge in [0.15, 0.2) is 0 Å². The fourth-order valence-corrected chi connectivity index (χ4v) is 3.88. The smallest absolute Gasteiger partial charge is 0.220 e. The van der Waals surface area contributed by atoms with Gasteiger partial charge in [-0.3, -0.25) is 9.69 Å². The fourth-order valence-electron chi connectivity index (χ4n) is 3.14. The topological polar surface area (TPSA) is 62.5 Å². The van der Waals surface area contributed by atoms with Gasteiger partial charge in [-0.15, -0.1) is 11.3 Å². The highest BCUT2D eigenvalue weighted by Gasteiger charge is 2.30. The van der Waals surface area contributed by atoms with Gasteiger partial charge in [0.1, 0.15) is 5.76 Å². The Morgan fingerprint density at radius 2 is 2.38 bits per heavy atom. The molecule has 0 spiro atoms. The van der Waals surface area contributed by atoms with Gasteiger partial charge in [-0.05, 0) is 19.8 Å². The third-order valence-electron chi connectivity index (χ3n) is 4.35. The Kier molecular flexibility index (Phi) is 5.30. The molecular formula is C17H24N4O2S. The summed E-state index contributed by atoms with van der Waals surface area (Å²) in [5.41, 5.74) is 1.13. The van der Waals surface area contributed by atoms with Crippen molar-refractivity contribution < 1.29 is 9.21 Å². The molecule has 1 saturated heterocycles. The largest absolute Gasteiger partial charge is 0.444 e. The predicted molar refractivity (Wildman–Crippen MR) is 92.6 cm³/mol. The number of aryl methyl sites for hydroxylation is 2. The number of nitrogens with zero attached hydrogens (tertiary/aromatic N) is 4. The number of aromatic nitrogens is 2. The lowest BCUT2D eigenvalue weighted by Gasteiger charge is -2.26. The van der Waals surface area contributed by atoms with E-state index in [0.29, 0.717) is 12.4 Å². The van der Waals surface area contributed by atoms with Gasteiger partial charge >= 0.3 is 0 Å². The second-order valence-corrected chi connectivity index (χ2v) is 7.22. The van der Waals surface area contributed by atoms with Gasteiger partial charge in [0.05, 0.1) is 23.4 Å². The maximum absolute atomic E-state index is 12.1. The molecule has 7 heteroatoms. The summed E-state index contributed by atoms with van der Waals surface area (Å²) in [6.45, 7) is 8.77. The van der Waals surface area contributed by atoms with E-state index in [0.717, 1.165) is 43.9 Å². The Labute approximate surface area is 146 Å². The van der Waals surface area contributed by atoms with E-state index < -0.39 is 0 Å². The first kappa shape index (κ1) is 17.1. The van der Waals surface area contributed by atoms with Crippen molar-refractivity contribution in [3.05, 3.63) is 33.9 Å². The average molecular weight is 348 g/mol. The van der Waals surface area contributed by atoms with Crippen molar-refractivity contribution in [2.75, 3.05) is 13.1 Å². The number of amides is 1. The number of thiazole rings is 1. The maximum Gasteiger partial charge on any atom is 0.220 e. The van der Waals surface area contributed by atoms with E-state index in [9.17, 15) is 4.79 Å². The minimum absolute atomic E-state index is 0.0691. The lowest BCUT2D eigenvalue weighted by molar-refractivity contribution is -0.132. The van der Waals surface area contributed by atoms with Gasteiger partial charge in [-0.1, -0.05) is 6.92 Å². The summed E-state index contributed by atoms with van der Waals surface area (Å²) in [6.07, 6.45) is 3.66. The molecule has 0 N–H and O–H groups in total. The molecule has 3 rings (SSSR count). The van der Waals surface area contributed by atoms with E-state index >= 15 is 0 Å². The third-order valence-corrected chi connectivity index (χ3v) is 5.40. The fraction of sp³-hybridized carbons (Fsp3) is 0.588. The third kappa shape index (κ3) is 4.02. The van der Waals surface area contributed by atoms with Crippen molar-refractivity contribution in [1.29, 1.82) is 0 Å². The Bertz CT molecular complexity index is 696. The van der Waals surface area contributed by atoms with Gasteiger partial charge in [-0.2, -0.15) is 0 Å². The number of oxazole rings is 1. The number of carbonyl (C=O) groups excluding carboxylic acids is 1. The highest BCUT2D eigenvalue weighted by atomic mass is 32.1. The molecule has 0 saturated carbocycles. The summed E-state index contributed by atoms with van der Waals surface area (Å²) < 4.78 is 5.53. The van der Waals surface area contributed by atoms with Crippen molar-refractivity contribution in [2.45, 2.75) is 52.7 Å². The molecule has 0 aromatic carbocycles. The van der Waals surface area contributed by atoms with E-state index in [1.165, 1.54) is 5.01 Å². The molecule has 1 aliphatic heterocycles. The quantitative estimate of drug-likeness (QED) is 0.803. The zero-order valence-corrected chi connectivity index (χ0v) is 15.3. The first-order valence-corrected chi connectivity index (χ1v) is 9.27. The summed E-state index contributed by atoms with van der Waals surface area (Å²) in [5.74, 6) is 1.45. The second kappa shape index (κ2) is 7.44. The monoisotopic (exact) mass is 348 g/mol. The van der Waals surface area contributed by atoms with Crippen molar-refractivity contribution >= 4 is 17.2 Å². The Balaban J connectivity index is 1.60. The molecule has 6 nitrogen and oxygen atoms in total. The Morgan fingerprint density at radius 1 is 1.54 bits per heavy atom. The molecule has 130 valence electrons. The van der Waals surface area contributed by atoms with Crippen LogP contribution in [-0.2, 0) is 24.3 Å². The average Bonchev–Trinajstić information content (AvgIpc) is 3.26. The summed E-state index contributed by atoms with van der Waals surface area (Å²) in [4.78, 5) is 25.2. The van der Waals surface area contributed by atoms with Gasteiger partial charge in [0.2, 0.25) is 11.8 Å². The highest BCUT2D eigenvalue weighted by Crippen LogP contribution is 2.21. The van der Waals surface area contributed by atoms with Crippen LogP contribution in [-0.4, -0.2) is 44.8 Å². The number of hydrogen-bond donors (Lipinski definition) is 0. The number of hydrogen-bond acceptors (Lipinski definition) is 6. The Hall–Kier alpha value is -1.73. The van der Waals surface area contributed by atoms with Crippen LogP contribution in [0.1, 0.15) is 42.6 Å². The highest BCUT2D eigenvalue weighted by molar-refractivity contribution is 7.09. The van der Waals surface area contributed by atoms with Crippen molar-refractivity contribution in [2.24, 2.45) is 0 Å². The molecule has 24 heavy (non-hydrogen) atoms. The van der Waals surface area contributed by atoms with Crippen LogP contribution in [0.25, 0.3) is 0 Å². The lowest BCUT2D eigenvalue weighted by atomic mass is 10.2. The molecule has 3 heterocycles. The molecule has 2 aromatic rings. The SMILES string of the molecule is CCc1nc(CN2CC[C@H](N(Cc3ncc(C)o3)C(C)=O)C2)cs1. The van der Waals surface area contributed by atoms with Crippen molar-refractivity contribution in [1.82, 2.24) is 19.8 Å². The molecule has 1 amide bonds. The molecule has 1 atom stereocenters. The van der Waals surface area contributed by atoms with Gasteiger partial charge in [0, 0.05) is 38.0 Å². The zero-order valence-electron chi connectivity index (χ0n) is 14.5. The van der Waals surface area contributed by atoms with Crippen LogP contribution in [0.3, 0.4) is 0 Å². The minimum Gasteiger partial charge on any atom is -0.444 e. The summed E-state index contributed by atoms with van der Waals surface area (Å²) in [7, 11) is 0. The van der Waals surface area contributed by atoms with E-state index in [2.05, 4.69) is 27.2 Å². The van der Waals surface area contributed by atoms with E-state index in [1.54, 1.807) is 24.5 Å². The summed E-state index contributed by atoms with van der Waals surface area (Å²) in [5, 5.41) is 3.33. The summed E-state index contributed by atoms with van der Waals surface area (Å²) >= 11 is 1.73. The van der Waals surface area contributed by atoms with E-state index in [1.807, 2.05) is 11.8 Å². The molecular weight excluding hydrogens is 324 g/mol. The normalized spacial score (nSPS) is 18.2. The second-order valence-electron chi connectivity index (χ2n) is 6.28. The van der Waals surface area contributed by atoms with Crippen LogP contribution in [0.2, 0.25) is 0 Å². The molecule has 0 bridgehead atoms.